The van der Waals surface area contributed by atoms with Gasteiger partial charge in [0.1, 0.15) is 0 Å². The molecule has 1 atom stereocenters. The summed E-state index contributed by atoms with van der Waals surface area (Å²) in [7, 11) is 0. The molecular formula is C10H16N2O2S. The van der Waals surface area contributed by atoms with Gasteiger partial charge in [-0.05, 0) is 20.3 Å². The summed E-state index contributed by atoms with van der Waals surface area (Å²) in [5.74, 6) is -0.0405. The number of carbonyl (C=O) groups is 1. The van der Waals surface area contributed by atoms with Gasteiger partial charge in [-0.15, -0.1) is 11.3 Å². The van der Waals surface area contributed by atoms with Crippen molar-refractivity contribution in [2.75, 3.05) is 6.61 Å². The van der Waals surface area contributed by atoms with Crippen LogP contribution in [-0.2, 0) is 11.2 Å². The van der Waals surface area contributed by atoms with Crippen molar-refractivity contribution in [3.8, 4) is 0 Å². The Morgan fingerprint density at radius 3 is 3.00 bits per heavy atom. The quantitative estimate of drug-likeness (QED) is 0.786. The van der Waals surface area contributed by atoms with Gasteiger partial charge in [-0.1, -0.05) is 0 Å². The molecule has 1 amide bonds. The molecule has 0 fully saturated rings. The van der Waals surface area contributed by atoms with Gasteiger partial charge in [0.2, 0.25) is 5.91 Å². The summed E-state index contributed by atoms with van der Waals surface area (Å²) in [4.78, 5) is 15.7. The minimum absolute atomic E-state index is 0.0160. The smallest absolute Gasteiger partial charge is 0.226 e. The molecule has 0 aliphatic heterocycles. The van der Waals surface area contributed by atoms with Crippen LogP contribution in [0, 0.1) is 6.92 Å². The van der Waals surface area contributed by atoms with Crippen molar-refractivity contribution >= 4 is 17.2 Å². The van der Waals surface area contributed by atoms with E-state index in [1.165, 1.54) is 0 Å². The van der Waals surface area contributed by atoms with Gasteiger partial charge in [0.15, 0.2) is 0 Å². The zero-order valence-corrected chi connectivity index (χ0v) is 9.80. The Kier molecular flexibility index (Phi) is 4.71. The van der Waals surface area contributed by atoms with Crippen LogP contribution in [0.25, 0.3) is 0 Å². The molecule has 84 valence electrons. The Morgan fingerprint density at radius 2 is 2.47 bits per heavy atom. The van der Waals surface area contributed by atoms with Gasteiger partial charge >= 0.3 is 0 Å². The number of thiazole rings is 1. The molecule has 0 saturated heterocycles. The Balaban J connectivity index is 2.36. The summed E-state index contributed by atoms with van der Waals surface area (Å²) >= 11 is 1.54. The highest BCUT2D eigenvalue weighted by Gasteiger charge is 2.09. The SMILES string of the molecule is Cc1nc(CC(=O)NC(C)CCO)cs1. The second-order valence-corrected chi connectivity index (χ2v) is 4.58. The van der Waals surface area contributed by atoms with Crippen LogP contribution in [0.2, 0.25) is 0 Å². The molecule has 0 bridgehead atoms. The molecule has 0 aliphatic carbocycles. The van der Waals surface area contributed by atoms with Crippen molar-refractivity contribution in [1.82, 2.24) is 10.3 Å². The van der Waals surface area contributed by atoms with Crippen LogP contribution in [-0.4, -0.2) is 28.6 Å². The number of carbonyl (C=O) groups excluding carboxylic acids is 1. The highest BCUT2D eigenvalue weighted by molar-refractivity contribution is 7.09. The van der Waals surface area contributed by atoms with Crippen LogP contribution >= 0.6 is 11.3 Å². The Labute approximate surface area is 93.4 Å². The lowest BCUT2D eigenvalue weighted by Crippen LogP contribution is -2.34. The molecule has 1 unspecified atom stereocenters. The van der Waals surface area contributed by atoms with Gasteiger partial charge < -0.3 is 10.4 Å². The number of amides is 1. The van der Waals surface area contributed by atoms with Crippen molar-refractivity contribution in [3.63, 3.8) is 0 Å². The largest absolute Gasteiger partial charge is 0.396 e. The standard InChI is InChI=1S/C10H16N2O2S/c1-7(3-4-13)11-10(14)5-9-6-15-8(2)12-9/h6-7,13H,3-5H2,1-2H3,(H,11,14). The highest BCUT2D eigenvalue weighted by Crippen LogP contribution is 2.08. The topological polar surface area (TPSA) is 62.2 Å². The maximum absolute atomic E-state index is 11.5. The van der Waals surface area contributed by atoms with Gasteiger partial charge in [0.25, 0.3) is 0 Å². The van der Waals surface area contributed by atoms with E-state index in [4.69, 9.17) is 5.11 Å². The third-order valence-electron chi connectivity index (χ3n) is 1.98. The summed E-state index contributed by atoms with van der Waals surface area (Å²) < 4.78 is 0. The van der Waals surface area contributed by atoms with Crippen molar-refractivity contribution in [1.29, 1.82) is 0 Å². The number of aliphatic hydroxyl groups is 1. The molecule has 1 aromatic heterocycles. The maximum Gasteiger partial charge on any atom is 0.226 e. The molecule has 4 nitrogen and oxygen atoms in total. The second-order valence-electron chi connectivity index (χ2n) is 3.52. The maximum atomic E-state index is 11.5. The summed E-state index contributed by atoms with van der Waals surface area (Å²) in [6, 6.07) is 0.0160. The summed E-state index contributed by atoms with van der Waals surface area (Å²) in [6.45, 7) is 3.89. The lowest BCUT2D eigenvalue weighted by atomic mass is 10.2. The first-order chi connectivity index (χ1) is 7.11. The number of nitrogens with zero attached hydrogens (tertiary/aromatic N) is 1. The predicted octanol–water partition coefficient (Wildman–Crippen LogP) is 0.881. The Morgan fingerprint density at radius 1 is 1.73 bits per heavy atom. The van der Waals surface area contributed by atoms with E-state index in [2.05, 4.69) is 10.3 Å². The minimum atomic E-state index is -0.0405. The van der Waals surface area contributed by atoms with E-state index in [0.29, 0.717) is 12.8 Å². The lowest BCUT2D eigenvalue weighted by Gasteiger charge is -2.11. The normalized spacial score (nSPS) is 12.5. The molecule has 2 N–H and O–H groups in total. The summed E-state index contributed by atoms with van der Waals surface area (Å²) in [6.07, 6.45) is 0.905. The number of hydrogen-bond acceptors (Lipinski definition) is 4. The molecule has 0 aromatic carbocycles. The van der Waals surface area contributed by atoms with Crippen LogP contribution in [0.4, 0.5) is 0 Å². The lowest BCUT2D eigenvalue weighted by molar-refractivity contribution is -0.121. The highest BCUT2D eigenvalue weighted by atomic mass is 32.1. The third-order valence-corrected chi connectivity index (χ3v) is 2.80. The first-order valence-corrected chi connectivity index (χ1v) is 5.81. The van der Waals surface area contributed by atoms with Crippen LogP contribution in [0.3, 0.4) is 0 Å². The molecule has 1 aromatic rings. The number of nitrogens with one attached hydrogen (secondary N) is 1. The monoisotopic (exact) mass is 228 g/mol. The average Bonchev–Trinajstić information content (AvgIpc) is 2.51. The molecule has 0 radical (unpaired) electrons. The molecule has 1 rings (SSSR count). The van der Waals surface area contributed by atoms with Gasteiger partial charge in [0, 0.05) is 18.0 Å². The molecule has 1 heterocycles. The Bertz CT molecular complexity index is 325. The molecule has 15 heavy (non-hydrogen) atoms. The third kappa shape index (κ3) is 4.40. The first kappa shape index (κ1) is 12.1. The van der Waals surface area contributed by atoms with E-state index >= 15 is 0 Å². The molecule has 0 aliphatic rings. The fraction of sp³-hybridized carbons (Fsp3) is 0.600. The number of hydrogen-bond donors (Lipinski definition) is 2. The number of aryl methyl sites for hydroxylation is 1. The zero-order chi connectivity index (χ0) is 11.3. The zero-order valence-electron chi connectivity index (χ0n) is 8.99. The van der Waals surface area contributed by atoms with Crippen molar-refractivity contribution in [2.45, 2.75) is 32.7 Å². The van der Waals surface area contributed by atoms with E-state index in [1.807, 2.05) is 19.2 Å². The van der Waals surface area contributed by atoms with E-state index < -0.39 is 0 Å². The number of aromatic nitrogens is 1. The minimum Gasteiger partial charge on any atom is -0.396 e. The summed E-state index contributed by atoms with van der Waals surface area (Å²) in [5.41, 5.74) is 0.811. The van der Waals surface area contributed by atoms with E-state index in [9.17, 15) is 4.79 Å². The van der Waals surface area contributed by atoms with Crippen LogP contribution in [0.5, 0.6) is 0 Å². The predicted molar refractivity (Wildman–Crippen MR) is 59.9 cm³/mol. The van der Waals surface area contributed by atoms with Crippen molar-refractivity contribution < 1.29 is 9.90 Å². The van der Waals surface area contributed by atoms with Crippen molar-refractivity contribution in [3.05, 3.63) is 16.1 Å². The van der Waals surface area contributed by atoms with Gasteiger partial charge in [-0.3, -0.25) is 4.79 Å². The fourth-order valence-electron chi connectivity index (χ4n) is 1.25. The molecular weight excluding hydrogens is 212 g/mol. The van der Waals surface area contributed by atoms with Gasteiger partial charge in [0.05, 0.1) is 17.1 Å². The van der Waals surface area contributed by atoms with E-state index in [-0.39, 0.29) is 18.6 Å². The molecule has 5 heteroatoms. The van der Waals surface area contributed by atoms with E-state index in [1.54, 1.807) is 11.3 Å². The van der Waals surface area contributed by atoms with Crippen LogP contribution < -0.4 is 5.32 Å². The van der Waals surface area contributed by atoms with Gasteiger partial charge in [-0.2, -0.15) is 0 Å². The Hall–Kier alpha value is -0.940. The molecule has 0 saturated carbocycles. The molecule has 0 spiro atoms. The number of rotatable bonds is 5. The van der Waals surface area contributed by atoms with Gasteiger partial charge in [-0.25, -0.2) is 4.98 Å². The average molecular weight is 228 g/mol. The van der Waals surface area contributed by atoms with Crippen LogP contribution in [0.1, 0.15) is 24.0 Å². The number of aliphatic hydroxyl groups excluding tert-OH is 1. The van der Waals surface area contributed by atoms with E-state index in [0.717, 1.165) is 10.7 Å². The first-order valence-electron chi connectivity index (χ1n) is 4.93. The van der Waals surface area contributed by atoms with Crippen LogP contribution in [0.15, 0.2) is 5.38 Å². The second kappa shape index (κ2) is 5.82. The fourth-order valence-corrected chi connectivity index (χ4v) is 1.86. The summed E-state index contributed by atoms with van der Waals surface area (Å²) in [5, 5.41) is 14.4. The van der Waals surface area contributed by atoms with Crippen molar-refractivity contribution in [2.24, 2.45) is 0 Å².